The highest BCUT2D eigenvalue weighted by Gasteiger charge is 2.23. The number of hydrogen-bond donors (Lipinski definition) is 1. The van der Waals surface area contributed by atoms with E-state index in [9.17, 15) is 8.42 Å². The van der Waals surface area contributed by atoms with E-state index in [1.807, 2.05) is 24.3 Å². The fraction of sp³-hybridized carbons (Fsp3) is 0.467. The Bertz CT molecular complexity index is 721. The van der Waals surface area contributed by atoms with Crippen molar-refractivity contribution in [3.63, 3.8) is 0 Å². The highest BCUT2D eigenvalue weighted by molar-refractivity contribution is 7.91. The van der Waals surface area contributed by atoms with Crippen molar-refractivity contribution < 1.29 is 17.6 Å². The molecule has 1 saturated heterocycles. The van der Waals surface area contributed by atoms with E-state index in [4.69, 9.17) is 9.15 Å². The summed E-state index contributed by atoms with van der Waals surface area (Å²) in [6.07, 6.45) is 1.35. The number of ether oxygens (including phenoxy) is 1. The number of fused-ring (bicyclic) bond motifs is 1. The molecule has 0 unspecified atom stereocenters. The quantitative estimate of drug-likeness (QED) is 0.937. The minimum atomic E-state index is -2.81. The fourth-order valence-electron chi connectivity index (χ4n) is 2.68. The van der Waals surface area contributed by atoms with Gasteiger partial charge in [-0.2, -0.15) is 0 Å². The lowest BCUT2D eigenvalue weighted by Crippen LogP contribution is -2.37. The van der Waals surface area contributed by atoms with E-state index in [2.05, 4.69) is 5.32 Å². The van der Waals surface area contributed by atoms with Gasteiger partial charge in [-0.25, -0.2) is 8.42 Å². The number of benzene rings is 1. The van der Waals surface area contributed by atoms with Crippen LogP contribution in [0.2, 0.25) is 0 Å². The van der Waals surface area contributed by atoms with Crippen molar-refractivity contribution in [1.29, 1.82) is 0 Å². The standard InChI is InChI=1S/C15H19NO4S/c1-19-14-4-2-3-11-9-13(20-15(11)14)10-16-12-5-7-21(17,18)8-6-12/h2-4,9,12,16H,5-8,10H2,1H3. The summed E-state index contributed by atoms with van der Waals surface area (Å²) in [5, 5.41) is 4.39. The summed E-state index contributed by atoms with van der Waals surface area (Å²) in [5.74, 6) is 2.11. The number of sulfone groups is 1. The molecule has 1 fully saturated rings. The maximum Gasteiger partial charge on any atom is 0.176 e. The van der Waals surface area contributed by atoms with Crippen LogP contribution < -0.4 is 10.1 Å². The zero-order valence-electron chi connectivity index (χ0n) is 12.0. The van der Waals surface area contributed by atoms with Gasteiger partial charge in [-0.1, -0.05) is 12.1 Å². The summed E-state index contributed by atoms with van der Waals surface area (Å²) in [5.41, 5.74) is 0.753. The minimum Gasteiger partial charge on any atom is -0.493 e. The molecule has 0 aliphatic carbocycles. The van der Waals surface area contributed by atoms with Crippen LogP contribution in [0.1, 0.15) is 18.6 Å². The number of furan rings is 1. The average Bonchev–Trinajstić information content (AvgIpc) is 2.89. The van der Waals surface area contributed by atoms with Crippen molar-refractivity contribution in [2.75, 3.05) is 18.6 Å². The molecule has 2 heterocycles. The van der Waals surface area contributed by atoms with Crippen LogP contribution in [-0.2, 0) is 16.4 Å². The number of rotatable bonds is 4. The van der Waals surface area contributed by atoms with Gasteiger partial charge in [-0.05, 0) is 25.0 Å². The summed E-state index contributed by atoms with van der Waals surface area (Å²) in [6.45, 7) is 0.600. The average molecular weight is 309 g/mol. The lowest BCUT2D eigenvalue weighted by molar-refractivity contribution is 0.400. The van der Waals surface area contributed by atoms with Gasteiger partial charge in [0.15, 0.2) is 11.3 Å². The molecule has 1 aliphatic heterocycles. The molecule has 1 aromatic heterocycles. The van der Waals surface area contributed by atoms with Crippen LogP contribution >= 0.6 is 0 Å². The summed E-state index contributed by atoms with van der Waals surface area (Å²) < 4.78 is 33.9. The van der Waals surface area contributed by atoms with E-state index in [0.29, 0.717) is 19.4 Å². The smallest absolute Gasteiger partial charge is 0.176 e. The Kier molecular flexibility index (Phi) is 3.91. The van der Waals surface area contributed by atoms with Crippen molar-refractivity contribution in [1.82, 2.24) is 5.32 Å². The number of nitrogens with one attached hydrogen (secondary N) is 1. The molecule has 5 nitrogen and oxygen atoms in total. The topological polar surface area (TPSA) is 68.5 Å². The monoisotopic (exact) mass is 309 g/mol. The third kappa shape index (κ3) is 3.22. The van der Waals surface area contributed by atoms with Crippen LogP contribution in [0.5, 0.6) is 5.75 Å². The fourth-order valence-corrected chi connectivity index (χ4v) is 4.17. The summed E-state index contributed by atoms with van der Waals surface area (Å²) in [6, 6.07) is 8.01. The van der Waals surface area contributed by atoms with E-state index < -0.39 is 9.84 Å². The Morgan fingerprint density at radius 3 is 2.81 bits per heavy atom. The van der Waals surface area contributed by atoms with Gasteiger partial charge >= 0.3 is 0 Å². The van der Waals surface area contributed by atoms with Crippen molar-refractivity contribution in [3.8, 4) is 5.75 Å². The first-order chi connectivity index (χ1) is 10.1. The Morgan fingerprint density at radius 2 is 2.10 bits per heavy atom. The molecule has 0 spiro atoms. The molecule has 1 aliphatic rings. The first-order valence-corrected chi connectivity index (χ1v) is 8.89. The molecular formula is C15H19NO4S. The lowest BCUT2D eigenvalue weighted by Gasteiger charge is -2.22. The van der Waals surface area contributed by atoms with Crippen LogP contribution in [0, 0.1) is 0 Å². The van der Waals surface area contributed by atoms with Gasteiger partial charge in [-0.15, -0.1) is 0 Å². The van der Waals surface area contributed by atoms with Gasteiger partial charge in [-0.3, -0.25) is 0 Å². The van der Waals surface area contributed by atoms with Gasteiger partial charge in [0.2, 0.25) is 0 Å². The third-order valence-electron chi connectivity index (χ3n) is 3.90. The van der Waals surface area contributed by atoms with E-state index >= 15 is 0 Å². The van der Waals surface area contributed by atoms with E-state index in [-0.39, 0.29) is 17.5 Å². The Morgan fingerprint density at radius 1 is 1.33 bits per heavy atom. The van der Waals surface area contributed by atoms with Crippen LogP contribution in [0.15, 0.2) is 28.7 Å². The molecule has 6 heteroatoms. The first kappa shape index (κ1) is 14.4. The van der Waals surface area contributed by atoms with Gasteiger partial charge in [0, 0.05) is 11.4 Å². The van der Waals surface area contributed by atoms with Crippen molar-refractivity contribution in [3.05, 3.63) is 30.0 Å². The van der Waals surface area contributed by atoms with E-state index in [1.54, 1.807) is 7.11 Å². The number of para-hydroxylation sites is 1. The van der Waals surface area contributed by atoms with Crippen LogP contribution in [0.3, 0.4) is 0 Å². The molecule has 0 bridgehead atoms. The van der Waals surface area contributed by atoms with Crippen LogP contribution in [-0.4, -0.2) is 33.1 Å². The molecule has 3 rings (SSSR count). The molecule has 0 saturated carbocycles. The second-order valence-corrected chi connectivity index (χ2v) is 7.70. The van der Waals surface area contributed by atoms with Gasteiger partial charge in [0.1, 0.15) is 15.6 Å². The minimum absolute atomic E-state index is 0.239. The van der Waals surface area contributed by atoms with Crippen molar-refractivity contribution in [2.24, 2.45) is 0 Å². The van der Waals surface area contributed by atoms with Gasteiger partial charge < -0.3 is 14.5 Å². The zero-order chi connectivity index (χ0) is 14.9. The van der Waals surface area contributed by atoms with Crippen LogP contribution in [0.25, 0.3) is 11.0 Å². The second-order valence-electron chi connectivity index (χ2n) is 5.40. The third-order valence-corrected chi connectivity index (χ3v) is 5.61. The van der Waals surface area contributed by atoms with E-state index in [1.165, 1.54) is 0 Å². The second kappa shape index (κ2) is 5.69. The maximum atomic E-state index is 11.4. The van der Waals surface area contributed by atoms with Gasteiger partial charge in [0.05, 0.1) is 25.2 Å². The Balaban J connectivity index is 1.66. The predicted molar refractivity (Wildman–Crippen MR) is 81.3 cm³/mol. The zero-order valence-corrected chi connectivity index (χ0v) is 12.8. The highest BCUT2D eigenvalue weighted by atomic mass is 32.2. The predicted octanol–water partition coefficient (Wildman–Crippen LogP) is 2.11. The Hall–Kier alpha value is -1.53. The molecule has 0 amide bonds. The van der Waals surface area contributed by atoms with Crippen molar-refractivity contribution >= 4 is 20.8 Å². The Labute approximate surface area is 124 Å². The number of methoxy groups -OCH3 is 1. The molecule has 0 atom stereocenters. The summed E-state index contributed by atoms with van der Waals surface area (Å²) in [4.78, 5) is 0. The molecule has 2 aromatic rings. The summed E-state index contributed by atoms with van der Waals surface area (Å²) >= 11 is 0. The van der Waals surface area contributed by atoms with Gasteiger partial charge in [0.25, 0.3) is 0 Å². The highest BCUT2D eigenvalue weighted by Crippen LogP contribution is 2.28. The molecule has 21 heavy (non-hydrogen) atoms. The van der Waals surface area contributed by atoms with Crippen LogP contribution in [0.4, 0.5) is 0 Å². The number of hydrogen-bond acceptors (Lipinski definition) is 5. The molecule has 1 aromatic carbocycles. The lowest BCUT2D eigenvalue weighted by atomic mass is 10.1. The molecule has 1 N–H and O–H groups in total. The SMILES string of the molecule is COc1cccc2cc(CNC3CCS(=O)(=O)CC3)oc12. The molecular weight excluding hydrogens is 290 g/mol. The molecule has 0 radical (unpaired) electrons. The summed E-state index contributed by atoms with van der Waals surface area (Å²) in [7, 11) is -1.19. The van der Waals surface area contributed by atoms with E-state index in [0.717, 1.165) is 22.5 Å². The molecule has 114 valence electrons. The largest absolute Gasteiger partial charge is 0.493 e. The first-order valence-electron chi connectivity index (χ1n) is 7.06. The van der Waals surface area contributed by atoms with Crippen molar-refractivity contribution in [2.45, 2.75) is 25.4 Å². The normalized spacial score (nSPS) is 18.9. The maximum absolute atomic E-state index is 11.4.